The fourth-order valence-electron chi connectivity index (χ4n) is 4.86. The Labute approximate surface area is 257 Å². The van der Waals surface area contributed by atoms with E-state index in [4.69, 9.17) is 9.47 Å². The van der Waals surface area contributed by atoms with E-state index in [0.29, 0.717) is 0 Å². The van der Waals surface area contributed by atoms with Gasteiger partial charge in [-0.15, -0.1) is 0 Å². The molecule has 236 valence electrons. The topological polar surface area (TPSA) is 152 Å². The molecular formula is C34H42N2O8. The van der Waals surface area contributed by atoms with Crippen molar-refractivity contribution in [2.45, 2.75) is 78.6 Å². The number of aromatic amines is 1. The number of hydrogen-bond donors (Lipinski definition) is 3. The van der Waals surface area contributed by atoms with Gasteiger partial charge in [0.1, 0.15) is 12.2 Å². The summed E-state index contributed by atoms with van der Waals surface area (Å²) in [6.45, 7) is 8.51. The molecule has 44 heavy (non-hydrogen) atoms. The van der Waals surface area contributed by atoms with Gasteiger partial charge in [0.15, 0.2) is 5.78 Å². The van der Waals surface area contributed by atoms with Crippen molar-refractivity contribution in [2.75, 3.05) is 0 Å². The highest BCUT2D eigenvalue weighted by atomic mass is 16.6. The number of amides is 1. The highest BCUT2D eigenvalue weighted by Crippen LogP contribution is 2.23. The van der Waals surface area contributed by atoms with Crippen LogP contribution >= 0.6 is 0 Å². The number of hydrogen-bond acceptors (Lipinski definition) is 7. The van der Waals surface area contributed by atoms with E-state index in [9.17, 15) is 29.1 Å². The Hall–Kier alpha value is -4.47. The van der Waals surface area contributed by atoms with Crippen molar-refractivity contribution in [3.8, 4) is 0 Å². The first-order chi connectivity index (χ1) is 20.7. The summed E-state index contributed by atoms with van der Waals surface area (Å²) < 4.78 is 10.8. The summed E-state index contributed by atoms with van der Waals surface area (Å²) >= 11 is 0. The molecule has 0 aliphatic rings. The van der Waals surface area contributed by atoms with Crippen molar-refractivity contribution in [1.29, 1.82) is 0 Å². The molecule has 0 unspecified atom stereocenters. The molecule has 0 bridgehead atoms. The van der Waals surface area contributed by atoms with E-state index in [2.05, 4.69) is 10.3 Å². The van der Waals surface area contributed by atoms with Crippen molar-refractivity contribution in [1.82, 2.24) is 10.3 Å². The molecule has 0 radical (unpaired) electrons. The van der Waals surface area contributed by atoms with E-state index in [-0.39, 0.29) is 25.4 Å². The summed E-state index contributed by atoms with van der Waals surface area (Å²) in [6, 6.07) is 15.4. The number of benzene rings is 2. The van der Waals surface area contributed by atoms with Gasteiger partial charge in [-0.25, -0.2) is 0 Å². The number of fused-ring (bicyclic) bond motifs is 1. The largest absolute Gasteiger partial charge is 0.481 e. The number of nitrogens with one attached hydrogen (secondary N) is 2. The average Bonchev–Trinajstić information content (AvgIpc) is 3.35. The number of carboxylic acid groups (broad SMARTS) is 1. The van der Waals surface area contributed by atoms with Crippen LogP contribution in [0.4, 0.5) is 0 Å². The monoisotopic (exact) mass is 606 g/mol. The standard InChI is InChI=1S/C34H42N2O8/c1-21(2)26(33(41)42)18-29(37)28(15-24-19-35-27-14-10-9-13-25(24)27)36-32(40)23(17-31(39)44-34(3,4)5)16-30(38)43-20-22-11-7-6-8-12-22/h6-14,19,21,23,26,28,35H,15-18,20H2,1-5H3,(H,36,40)(H,41,42)/t23-,26-,28-/m0/s1. The highest BCUT2D eigenvalue weighted by molar-refractivity contribution is 5.94. The SMILES string of the molecule is CC(C)[C@H](CC(=O)[C@H](Cc1c[nH]c2ccccc12)NC(=O)[C@@H](CC(=O)OCc1ccccc1)CC(=O)OC(C)(C)C)C(=O)O. The second-order valence-corrected chi connectivity index (χ2v) is 12.3. The van der Waals surface area contributed by atoms with E-state index in [1.165, 1.54) is 0 Å². The Morgan fingerprint density at radius 3 is 2.16 bits per heavy atom. The molecule has 0 saturated carbocycles. The van der Waals surface area contributed by atoms with E-state index in [0.717, 1.165) is 22.0 Å². The lowest BCUT2D eigenvalue weighted by Crippen LogP contribution is -2.47. The molecule has 3 N–H and O–H groups in total. The molecule has 1 heterocycles. The van der Waals surface area contributed by atoms with Crippen molar-refractivity contribution < 1.29 is 38.6 Å². The molecule has 3 atom stereocenters. The number of Topliss-reactive ketones (excluding diaryl/α,β-unsaturated/α-hetero) is 1. The predicted molar refractivity (Wildman–Crippen MR) is 164 cm³/mol. The minimum Gasteiger partial charge on any atom is -0.481 e. The maximum Gasteiger partial charge on any atom is 0.307 e. The number of ketones is 1. The zero-order chi connectivity index (χ0) is 32.4. The minimum atomic E-state index is -1.19. The van der Waals surface area contributed by atoms with Crippen LogP contribution in [0.2, 0.25) is 0 Å². The number of para-hydroxylation sites is 1. The van der Waals surface area contributed by atoms with E-state index >= 15 is 0 Å². The Morgan fingerprint density at radius 2 is 1.52 bits per heavy atom. The van der Waals surface area contributed by atoms with Crippen molar-refractivity contribution >= 4 is 40.5 Å². The number of carbonyl (C=O) groups is 5. The summed E-state index contributed by atoms with van der Waals surface area (Å²) in [5.41, 5.74) is 1.54. The van der Waals surface area contributed by atoms with Crippen LogP contribution in [0.3, 0.4) is 0 Å². The zero-order valence-electron chi connectivity index (χ0n) is 25.9. The third-order valence-electron chi connectivity index (χ3n) is 7.21. The summed E-state index contributed by atoms with van der Waals surface area (Å²) in [4.78, 5) is 67.9. The Morgan fingerprint density at radius 1 is 0.886 bits per heavy atom. The lowest BCUT2D eigenvalue weighted by molar-refractivity contribution is -0.158. The maximum atomic E-state index is 13.7. The van der Waals surface area contributed by atoms with Crippen LogP contribution in [0.15, 0.2) is 60.8 Å². The Bertz CT molecular complexity index is 1450. The number of esters is 2. The second-order valence-electron chi connectivity index (χ2n) is 12.3. The van der Waals surface area contributed by atoms with Crippen LogP contribution in [0.25, 0.3) is 10.9 Å². The van der Waals surface area contributed by atoms with E-state index in [1.807, 2.05) is 30.3 Å². The van der Waals surface area contributed by atoms with Gasteiger partial charge in [-0.1, -0.05) is 62.4 Å². The molecule has 0 spiro atoms. The van der Waals surface area contributed by atoms with Crippen molar-refractivity contribution in [3.63, 3.8) is 0 Å². The second kappa shape index (κ2) is 15.3. The first-order valence-electron chi connectivity index (χ1n) is 14.8. The molecule has 1 aromatic heterocycles. The average molecular weight is 607 g/mol. The number of ether oxygens (including phenoxy) is 2. The lowest BCUT2D eigenvalue weighted by Gasteiger charge is -2.25. The number of aromatic nitrogens is 1. The van der Waals surface area contributed by atoms with Crippen molar-refractivity contribution in [2.24, 2.45) is 17.8 Å². The normalized spacial score (nSPS) is 13.6. The van der Waals surface area contributed by atoms with Gasteiger partial charge >= 0.3 is 17.9 Å². The van der Waals surface area contributed by atoms with Gasteiger partial charge in [-0.3, -0.25) is 24.0 Å². The van der Waals surface area contributed by atoms with Crippen LogP contribution in [-0.2, 0) is 46.5 Å². The molecule has 0 fully saturated rings. The molecule has 2 aromatic carbocycles. The van der Waals surface area contributed by atoms with Crippen LogP contribution in [0.5, 0.6) is 0 Å². The summed E-state index contributed by atoms with van der Waals surface area (Å²) in [5.74, 6) is -6.10. The highest BCUT2D eigenvalue weighted by Gasteiger charge is 2.34. The number of carboxylic acids is 1. The Balaban J connectivity index is 1.85. The lowest BCUT2D eigenvalue weighted by atomic mass is 9.87. The molecule has 10 nitrogen and oxygen atoms in total. The predicted octanol–water partition coefficient (Wildman–Crippen LogP) is 4.99. The molecular weight excluding hydrogens is 564 g/mol. The molecule has 0 aliphatic carbocycles. The van der Waals surface area contributed by atoms with Gasteiger partial charge in [0.2, 0.25) is 5.91 Å². The Kier molecular flexibility index (Phi) is 11.8. The molecule has 0 aliphatic heterocycles. The van der Waals surface area contributed by atoms with Gasteiger partial charge in [0, 0.05) is 29.9 Å². The molecule has 10 heteroatoms. The number of H-pyrrole nitrogens is 1. The number of carbonyl (C=O) groups excluding carboxylic acids is 4. The van der Waals surface area contributed by atoms with Crippen LogP contribution in [0, 0.1) is 17.8 Å². The molecule has 0 saturated heterocycles. The molecule has 3 rings (SSSR count). The summed E-state index contributed by atoms with van der Waals surface area (Å²) in [5, 5.41) is 13.3. The van der Waals surface area contributed by atoms with Crippen LogP contribution in [-0.4, -0.2) is 51.3 Å². The van der Waals surface area contributed by atoms with Gasteiger partial charge < -0.3 is 24.9 Å². The maximum absolute atomic E-state index is 13.7. The quantitative estimate of drug-likeness (QED) is 0.205. The van der Waals surface area contributed by atoms with Crippen LogP contribution < -0.4 is 5.32 Å². The van der Waals surface area contributed by atoms with Gasteiger partial charge in [0.05, 0.1) is 30.7 Å². The fraction of sp³-hybridized carbons (Fsp3) is 0.441. The first-order valence-corrected chi connectivity index (χ1v) is 14.8. The van der Waals surface area contributed by atoms with Crippen molar-refractivity contribution in [3.05, 3.63) is 71.9 Å². The number of rotatable bonds is 15. The third kappa shape index (κ3) is 10.4. The van der Waals surface area contributed by atoms with Gasteiger partial charge in [-0.2, -0.15) is 0 Å². The van der Waals surface area contributed by atoms with Crippen LogP contribution in [0.1, 0.15) is 65.0 Å². The van der Waals surface area contributed by atoms with E-state index < -0.39 is 65.9 Å². The number of aliphatic carboxylic acids is 1. The first kappa shape index (κ1) is 34.0. The third-order valence-corrected chi connectivity index (χ3v) is 7.21. The summed E-state index contributed by atoms with van der Waals surface area (Å²) in [6.07, 6.45) is 0.692. The van der Waals surface area contributed by atoms with Gasteiger partial charge in [0.25, 0.3) is 0 Å². The van der Waals surface area contributed by atoms with Gasteiger partial charge in [-0.05, 0) is 43.9 Å². The summed E-state index contributed by atoms with van der Waals surface area (Å²) in [7, 11) is 0. The molecule has 1 amide bonds. The smallest absolute Gasteiger partial charge is 0.307 e. The fourth-order valence-corrected chi connectivity index (χ4v) is 4.86. The molecule has 3 aromatic rings. The minimum absolute atomic E-state index is 0.00605. The zero-order valence-corrected chi connectivity index (χ0v) is 25.9. The van der Waals surface area contributed by atoms with E-state index in [1.54, 1.807) is 65.1 Å².